The lowest BCUT2D eigenvalue weighted by Crippen LogP contribution is -2.42. The molecule has 2 rings (SSSR count). The average Bonchev–Trinajstić information content (AvgIpc) is 2.78. The molecule has 3 N–H and O–H groups in total. The van der Waals surface area contributed by atoms with E-state index in [1.807, 2.05) is 37.4 Å². The molecule has 1 amide bonds. The smallest absolute Gasteiger partial charge is 0.236 e. The Balaban J connectivity index is 0.00000151. The van der Waals surface area contributed by atoms with E-state index in [4.69, 9.17) is 10.5 Å². The fourth-order valence-electron chi connectivity index (χ4n) is 2.88. The van der Waals surface area contributed by atoms with Crippen molar-refractivity contribution in [3.63, 3.8) is 0 Å². The SMILES string of the molecule is CCN.CCc1ccc(C(C)COc2ccc(CC(C)(SC=O)C(=O)NC)cc2)nc1. The van der Waals surface area contributed by atoms with E-state index in [1.165, 1.54) is 5.56 Å². The third kappa shape index (κ3) is 8.71. The van der Waals surface area contributed by atoms with Crippen LogP contribution in [0.5, 0.6) is 5.75 Å². The normalized spacial score (nSPS) is 13.2. The molecule has 2 aromatic rings. The van der Waals surface area contributed by atoms with Crippen LogP contribution in [0.2, 0.25) is 0 Å². The van der Waals surface area contributed by atoms with Crippen molar-refractivity contribution in [2.24, 2.45) is 5.73 Å². The number of amides is 1. The van der Waals surface area contributed by atoms with E-state index in [1.54, 1.807) is 14.0 Å². The van der Waals surface area contributed by atoms with E-state index in [0.717, 1.165) is 47.4 Å². The van der Waals surface area contributed by atoms with Crippen molar-refractivity contribution in [3.8, 4) is 5.75 Å². The van der Waals surface area contributed by atoms with E-state index in [2.05, 4.69) is 36.3 Å². The lowest BCUT2D eigenvalue weighted by atomic mass is 9.99. The number of aromatic nitrogens is 1. The van der Waals surface area contributed by atoms with Crippen molar-refractivity contribution in [1.82, 2.24) is 10.3 Å². The summed E-state index contributed by atoms with van der Waals surface area (Å²) in [5, 5.41) is 2.63. The van der Waals surface area contributed by atoms with Crippen LogP contribution in [-0.4, -0.2) is 41.5 Å². The van der Waals surface area contributed by atoms with Gasteiger partial charge in [0.05, 0.1) is 6.61 Å². The number of benzene rings is 1. The van der Waals surface area contributed by atoms with E-state index in [0.29, 0.717) is 13.0 Å². The lowest BCUT2D eigenvalue weighted by molar-refractivity contribution is -0.122. The van der Waals surface area contributed by atoms with Crippen molar-refractivity contribution < 1.29 is 14.3 Å². The van der Waals surface area contributed by atoms with Gasteiger partial charge < -0.3 is 15.8 Å². The van der Waals surface area contributed by atoms with Gasteiger partial charge in [0, 0.05) is 24.9 Å². The maximum Gasteiger partial charge on any atom is 0.236 e. The molecule has 0 saturated carbocycles. The molecule has 1 aromatic heterocycles. The van der Waals surface area contributed by atoms with E-state index in [-0.39, 0.29) is 11.8 Å². The number of aryl methyl sites for hydroxylation is 1. The summed E-state index contributed by atoms with van der Waals surface area (Å²) in [7, 11) is 1.58. The van der Waals surface area contributed by atoms with Gasteiger partial charge in [0.2, 0.25) is 5.91 Å². The van der Waals surface area contributed by atoms with Crippen LogP contribution in [0.3, 0.4) is 0 Å². The molecule has 2 unspecified atom stereocenters. The minimum absolute atomic E-state index is 0.166. The number of hydrogen-bond acceptors (Lipinski definition) is 6. The number of carbonyl (C=O) groups excluding carboxylic acids is 2. The number of rotatable bonds is 10. The van der Waals surface area contributed by atoms with Crippen LogP contribution >= 0.6 is 11.8 Å². The molecule has 0 radical (unpaired) electrons. The summed E-state index contributed by atoms with van der Waals surface area (Å²) in [5.74, 6) is 0.789. The molecular formula is C24H35N3O3S. The molecule has 0 bridgehead atoms. The molecular weight excluding hydrogens is 410 g/mol. The van der Waals surface area contributed by atoms with Crippen LogP contribution in [0.25, 0.3) is 0 Å². The Labute approximate surface area is 190 Å². The summed E-state index contributed by atoms with van der Waals surface area (Å²) < 4.78 is 5.07. The van der Waals surface area contributed by atoms with Crippen LogP contribution in [0.4, 0.5) is 0 Å². The summed E-state index contributed by atoms with van der Waals surface area (Å²) in [4.78, 5) is 27.6. The molecule has 0 fully saturated rings. The number of nitrogens with two attached hydrogens (primary N) is 1. The van der Waals surface area contributed by atoms with Gasteiger partial charge in [-0.25, -0.2) is 0 Å². The van der Waals surface area contributed by atoms with E-state index >= 15 is 0 Å². The molecule has 2 atom stereocenters. The average molecular weight is 446 g/mol. The van der Waals surface area contributed by atoms with Gasteiger partial charge >= 0.3 is 0 Å². The zero-order valence-electron chi connectivity index (χ0n) is 19.2. The van der Waals surface area contributed by atoms with Crippen LogP contribution in [0, 0.1) is 0 Å². The van der Waals surface area contributed by atoms with Crippen LogP contribution < -0.4 is 15.8 Å². The molecule has 0 aliphatic carbocycles. The number of ether oxygens (including phenoxy) is 1. The predicted molar refractivity (Wildman–Crippen MR) is 129 cm³/mol. The Morgan fingerprint density at radius 2 is 1.84 bits per heavy atom. The highest BCUT2D eigenvalue weighted by Crippen LogP contribution is 2.28. The zero-order valence-corrected chi connectivity index (χ0v) is 20.0. The van der Waals surface area contributed by atoms with Gasteiger partial charge in [-0.3, -0.25) is 14.6 Å². The van der Waals surface area contributed by atoms with Crippen LogP contribution in [-0.2, 0) is 22.4 Å². The van der Waals surface area contributed by atoms with E-state index in [9.17, 15) is 9.59 Å². The first-order valence-electron chi connectivity index (χ1n) is 10.5. The van der Waals surface area contributed by atoms with Crippen molar-refractivity contribution in [1.29, 1.82) is 0 Å². The Bertz CT molecular complexity index is 797. The first-order chi connectivity index (χ1) is 14.8. The molecule has 6 nitrogen and oxygen atoms in total. The van der Waals surface area contributed by atoms with Crippen LogP contribution in [0.1, 0.15) is 50.4 Å². The van der Waals surface area contributed by atoms with Gasteiger partial charge in [-0.15, -0.1) is 0 Å². The topological polar surface area (TPSA) is 94.3 Å². The van der Waals surface area contributed by atoms with Crippen molar-refractivity contribution in [2.45, 2.75) is 51.2 Å². The molecule has 0 saturated heterocycles. The molecule has 1 aromatic carbocycles. The second-order valence-corrected chi connectivity index (χ2v) is 8.74. The summed E-state index contributed by atoms with van der Waals surface area (Å²) in [6.45, 7) is 9.16. The Morgan fingerprint density at radius 1 is 1.23 bits per heavy atom. The van der Waals surface area contributed by atoms with Gasteiger partial charge in [0.1, 0.15) is 10.5 Å². The molecule has 1 heterocycles. The molecule has 170 valence electrons. The molecule has 7 heteroatoms. The summed E-state index contributed by atoms with van der Waals surface area (Å²) in [6.07, 6.45) is 3.36. The number of hydrogen-bond donors (Lipinski definition) is 2. The number of carbonyl (C=O) groups is 2. The number of thioether (sulfide) groups is 1. The van der Waals surface area contributed by atoms with Gasteiger partial charge in [-0.2, -0.15) is 0 Å². The molecule has 0 aliphatic rings. The highest BCUT2D eigenvalue weighted by molar-refractivity contribution is 8.13. The van der Waals surface area contributed by atoms with Crippen molar-refractivity contribution >= 4 is 23.3 Å². The minimum Gasteiger partial charge on any atom is -0.493 e. The Hall–Kier alpha value is -2.38. The first-order valence-corrected chi connectivity index (χ1v) is 11.4. The number of nitrogens with one attached hydrogen (secondary N) is 1. The quantitative estimate of drug-likeness (QED) is 0.541. The van der Waals surface area contributed by atoms with Gasteiger partial charge in [-0.1, -0.05) is 50.7 Å². The fraction of sp³-hybridized carbons (Fsp3) is 0.458. The highest BCUT2D eigenvalue weighted by Gasteiger charge is 2.33. The zero-order chi connectivity index (χ0) is 23.3. The minimum atomic E-state index is -0.830. The fourth-order valence-corrected chi connectivity index (χ4v) is 3.55. The molecule has 0 aliphatic heterocycles. The Morgan fingerprint density at radius 3 is 2.32 bits per heavy atom. The summed E-state index contributed by atoms with van der Waals surface area (Å²) in [6, 6.07) is 11.8. The molecule has 31 heavy (non-hydrogen) atoms. The third-order valence-corrected chi connectivity index (χ3v) is 5.69. The highest BCUT2D eigenvalue weighted by atomic mass is 32.2. The van der Waals surface area contributed by atoms with Gasteiger partial charge in [-0.05, 0) is 55.6 Å². The van der Waals surface area contributed by atoms with E-state index < -0.39 is 4.75 Å². The van der Waals surface area contributed by atoms with Gasteiger partial charge in [0.25, 0.3) is 0 Å². The maximum absolute atomic E-state index is 12.1. The van der Waals surface area contributed by atoms with Crippen LogP contribution in [0.15, 0.2) is 42.6 Å². The second kappa shape index (κ2) is 13.8. The summed E-state index contributed by atoms with van der Waals surface area (Å²) >= 11 is 0.994. The predicted octanol–water partition coefficient (Wildman–Crippen LogP) is 3.76. The molecule has 0 spiro atoms. The standard InChI is InChI=1S/C22H28N2O3S.C2H7N/c1-5-17-8-11-20(24-13-17)16(2)14-27-19-9-6-18(7-10-19)12-22(3,28-15-25)21(26)23-4;1-2-3/h6-11,13,15-16H,5,12,14H2,1-4H3,(H,23,26);2-3H2,1H3. The Kier molecular flexibility index (Phi) is 11.9. The second-order valence-electron chi connectivity index (χ2n) is 7.41. The first kappa shape index (κ1) is 26.7. The third-order valence-electron chi connectivity index (χ3n) is 4.74. The number of nitrogens with zero attached hydrogens (tertiary/aromatic N) is 1. The van der Waals surface area contributed by atoms with Gasteiger partial charge in [0.15, 0.2) is 5.62 Å². The summed E-state index contributed by atoms with van der Waals surface area (Å²) in [5.41, 5.74) is 8.78. The van der Waals surface area contributed by atoms with Crippen molar-refractivity contribution in [2.75, 3.05) is 20.2 Å². The number of pyridine rings is 1. The lowest BCUT2D eigenvalue weighted by Gasteiger charge is -2.24. The van der Waals surface area contributed by atoms with Crippen molar-refractivity contribution in [3.05, 3.63) is 59.4 Å². The largest absolute Gasteiger partial charge is 0.493 e. The maximum atomic E-state index is 12.1. The monoisotopic (exact) mass is 445 g/mol.